The molecule has 0 radical (unpaired) electrons. The Balaban J connectivity index is 2.40. The summed E-state index contributed by atoms with van der Waals surface area (Å²) >= 11 is 5.83. The van der Waals surface area contributed by atoms with Crippen molar-refractivity contribution >= 4 is 28.5 Å². The second-order valence-corrected chi connectivity index (χ2v) is 4.86. The zero-order valence-corrected chi connectivity index (χ0v) is 12.0. The molecule has 1 N–H and O–H groups in total. The van der Waals surface area contributed by atoms with E-state index in [1.165, 1.54) is 0 Å². The van der Waals surface area contributed by atoms with Gasteiger partial charge < -0.3 is 9.88 Å². The Hall–Kier alpha value is -1.55. The quantitative estimate of drug-likeness (QED) is 0.854. The van der Waals surface area contributed by atoms with E-state index >= 15 is 0 Å². The molecular weight excluding hydrogens is 262 g/mol. The summed E-state index contributed by atoms with van der Waals surface area (Å²) in [5.74, 6) is 1.51. The summed E-state index contributed by atoms with van der Waals surface area (Å²) in [6, 6.07) is 6.10. The van der Waals surface area contributed by atoms with E-state index in [4.69, 9.17) is 11.6 Å². The molecule has 1 aromatic carbocycles. The SMILES string of the molecule is CNC(=O)CCn1c(CCCl)nc2c(C)cccc21. The van der Waals surface area contributed by atoms with Crippen molar-refractivity contribution in [3.63, 3.8) is 0 Å². The van der Waals surface area contributed by atoms with E-state index in [-0.39, 0.29) is 5.91 Å². The molecule has 0 unspecified atom stereocenters. The zero-order chi connectivity index (χ0) is 13.8. The van der Waals surface area contributed by atoms with E-state index in [1.807, 2.05) is 25.1 Å². The van der Waals surface area contributed by atoms with Crippen LogP contribution >= 0.6 is 11.6 Å². The number of aromatic nitrogens is 2. The van der Waals surface area contributed by atoms with Crippen molar-refractivity contribution in [1.82, 2.24) is 14.9 Å². The topological polar surface area (TPSA) is 46.9 Å². The molecule has 0 atom stereocenters. The Morgan fingerprint density at radius 2 is 2.26 bits per heavy atom. The van der Waals surface area contributed by atoms with Crippen LogP contribution < -0.4 is 5.32 Å². The minimum absolute atomic E-state index is 0.0336. The van der Waals surface area contributed by atoms with Crippen LogP contribution in [0.5, 0.6) is 0 Å². The standard InChI is InChI=1S/C14H18ClN3O/c1-10-4-3-5-11-14(10)17-12(6-8-15)18(11)9-7-13(19)16-2/h3-5H,6-9H2,1-2H3,(H,16,19). The summed E-state index contributed by atoms with van der Waals surface area (Å²) in [6.07, 6.45) is 1.16. The third-order valence-corrected chi connectivity index (χ3v) is 3.41. The van der Waals surface area contributed by atoms with Crippen LogP contribution in [0.4, 0.5) is 0 Å². The second kappa shape index (κ2) is 6.06. The van der Waals surface area contributed by atoms with Crippen LogP contribution in [0.15, 0.2) is 18.2 Å². The van der Waals surface area contributed by atoms with Crippen LogP contribution in [0.25, 0.3) is 11.0 Å². The molecule has 1 amide bonds. The highest BCUT2D eigenvalue weighted by Crippen LogP contribution is 2.20. The average Bonchev–Trinajstić information content (AvgIpc) is 2.76. The number of halogens is 1. The third-order valence-electron chi connectivity index (χ3n) is 3.22. The van der Waals surface area contributed by atoms with Crippen molar-refractivity contribution in [1.29, 1.82) is 0 Å². The summed E-state index contributed by atoms with van der Waals surface area (Å²) in [6.45, 7) is 2.68. The normalized spacial score (nSPS) is 10.9. The number of nitrogens with zero attached hydrogens (tertiary/aromatic N) is 2. The van der Waals surface area contributed by atoms with E-state index in [2.05, 4.69) is 14.9 Å². The first-order valence-corrected chi connectivity index (χ1v) is 6.92. The molecule has 1 heterocycles. The Morgan fingerprint density at radius 3 is 2.95 bits per heavy atom. The molecule has 1 aromatic heterocycles. The number of alkyl halides is 1. The van der Waals surface area contributed by atoms with Gasteiger partial charge in [-0.3, -0.25) is 4.79 Å². The number of hydrogen-bond donors (Lipinski definition) is 1. The number of imidazole rings is 1. The zero-order valence-electron chi connectivity index (χ0n) is 11.2. The fraction of sp³-hybridized carbons (Fsp3) is 0.429. The lowest BCUT2D eigenvalue weighted by atomic mass is 10.2. The highest BCUT2D eigenvalue weighted by Gasteiger charge is 2.12. The molecule has 5 heteroatoms. The second-order valence-electron chi connectivity index (χ2n) is 4.48. The molecule has 19 heavy (non-hydrogen) atoms. The van der Waals surface area contributed by atoms with Crippen LogP contribution in [0.2, 0.25) is 0 Å². The number of aryl methyl sites for hydroxylation is 3. The summed E-state index contributed by atoms with van der Waals surface area (Å²) in [7, 11) is 1.65. The number of fused-ring (bicyclic) bond motifs is 1. The van der Waals surface area contributed by atoms with Crippen molar-refractivity contribution in [2.24, 2.45) is 0 Å². The molecule has 2 rings (SSSR count). The van der Waals surface area contributed by atoms with Gasteiger partial charge >= 0.3 is 0 Å². The van der Waals surface area contributed by atoms with Crippen molar-refractivity contribution < 1.29 is 4.79 Å². The Morgan fingerprint density at radius 1 is 1.47 bits per heavy atom. The van der Waals surface area contributed by atoms with Crippen LogP contribution in [0.3, 0.4) is 0 Å². The van der Waals surface area contributed by atoms with Gasteiger partial charge in [0.05, 0.1) is 11.0 Å². The average molecular weight is 280 g/mol. The predicted molar refractivity (Wildman–Crippen MR) is 77.6 cm³/mol. The first kappa shape index (κ1) is 13.9. The molecular formula is C14H18ClN3O. The molecule has 0 saturated carbocycles. The summed E-state index contributed by atoms with van der Waals surface area (Å²) < 4.78 is 2.10. The van der Waals surface area contributed by atoms with E-state index < -0.39 is 0 Å². The van der Waals surface area contributed by atoms with Gasteiger partial charge in [0.15, 0.2) is 0 Å². The molecule has 0 saturated heterocycles. The van der Waals surface area contributed by atoms with Gasteiger partial charge in [-0.25, -0.2) is 4.98 Å². The summed E-state index contributed by atoms with van der Waals surface area (Å²) in [5, 5.41) is 2.64. The Bertz CT molecular complexity index is 592. The predicted octanol–water partition coefficient (Wildman–Crippen LogP) is 2.26. The number of amides is 1. The highest BCUT2D eigenvalue weighted by atomic mass is 35.5. The van der Waals surface area contributed by atoms with Crippen molar-refractivity contribution in [2.75, 3.05) is 12.9 Å². The van der Waals surface area contributed by atoms with Crippen molar-refractivity contribution in [3.8, 4) is 0 Å². The number of benzene rings is 1. The lowest BCUT2D eigenvalue weighted by molar-refractivity contribution is -0.120. The number of carbonyl (C=O) groups is 1. The number of carbonyl (C=O) groups excluding carboxylic acids is 1. The number of hydrogen-bond acceptors (Lipinski definition) is 2. The lowest BCUT2D eigenvalue weighted by Gasteiger charge is -2.08. The fourth-order valence-corrected chi connectivity index (χ4v) is 2.37. The van der Waals surface area contributed by atoms with Gasteiger partial charge in [0.2, 0.25) is 5.91 Å². The first-order chi connectivity index (χ1) is 9.17. The summed E-state index contributed by atoms with van der Waals surface area (Å²) in [4.78, 5) is 16.1. The van der Waals surface area contributed by atoms with E-state index in [1.54, 1.807) is 7.05 Å². The Labute approximate surface area is 117 Å². The molecule has 0 aliphatic heterocycles. The number of para-hydroxylation sites is 1. The van der Waals surface area contributed by atoms with Gasteiger partial charge in [-0.2, -0.15) is 0 Å². The smallest absolute Gasteiger partial charge is 0.221 e. The van der Waals surface area contributed by atoms with Crippen LogP contribution in [0, 0.1) is 6.92 Å². The maximum atomic E-state index is 11.4. The van der Waals surface area contributed by atoms with Gasteiger partial charge in [-0.15, -0.1) is 11.6 Å². The van der Waals surface area contributed by atoms with Gasteiger partial charge in [0, 0.05) is 32.3 Å². The number of nitrogens with one attached hydrogen (secondary N) is 1. The van der Waals surface area contributed by atoms with E-state index in [0.717, 1.165) is 22.4 Å². The molecule has 102 valence electrons. The maximum absolute atomic E-state index is 11.4. The minimum Gasteiger partial charge on any atom is -0.359 e. The van der Waals surface area contributed by atoms with Crippen LogP contribution in [-0.4, -0.2) is 28.4 Å². The van der Waals surface area contributed by atoms with Crippen molar-refractivity contribution in [3.05, 3.63) is 29.6 Å². The largest absolute Gasteiger partial charge is 0.359 e. The molecule has 2 aromatic rings. The van der Waals surface area contributed by atoms with Gasteiger partial charge in [-0.1, -0.05) is 12.1 Å². The Kier molecular flexibility index (Phi) is 4.43. The van der Waals surface area contributed by atoms with Gasteiger partial charge in [0.25, 0.3) is 0 Å². The molecule has 4 nitrogen and oxygen atoms in total. The third kappa shape index (κ3) is 2.89. The van der Waals surface area contributed by atoms with Gasteiger partial charge in [0.1, 0.15) is 5.82 Å². The van der Waals surface area contributed by atoms with Crippen LogP contribution in [0.1, 0.15) is 17.8 Å². The molecule has 0 aliphatic carbocycles. The highest BCUT2D eigenvalue weighted by molar-refractivity contribution is 6.17. The fourth-order valence-electron chi connectivity index (χ4n) is 2.20. The summed E-state index contributed by atoms with van der Waals surface area (Å²) in [5.41, 5.74) is 3.22. The van der Waals surface area contributed by atoms with E-state index in [9.17, 15) is 4.79 Å². The first-order valence-electron chi connectivity index (χ1n) is 6.38. The van der Waals surface area contributed by atoms with Crippen molar-refractivity contribution in [2.45, 2.75) is 26.3 Å². The molecule has 0 aliphatic rings. The monoisotopic (exact) mass is 279 g/mol. The molecule has 0 bridgehead atoms. The maximum Gasteiger partial charge on any atom is 0.221 e. The van der Waals surface area contributed by atoms with Crippen LogP contribution in [-0.2, 0) is 17.8 Å². The molecule has 0 spiro atoms. The lowest BCUT2D eigenvalue weighted by Crippen LogP contribution is -2.20. The minimum atomic E-state index is 0.0336. The van der Waals surface area contributed by atoms with E-state index in [0.29, 0.717) is 25.3 Å². The number of rotatable bonds is 5. The van der Waals surface area contributed by atoms with Gasteiger partial charge in [-0.05, 0) is 18.6 Å². The molecule has 0 fully saturated rings.